The molecule has 0 radical (unpaired) electrons. The van der Waals surface area contributed by atoms with Crippen molar-refractivity contribution in [3.05, 3.63) is 0 Å². The zero-order chi connectivity index (χ0) is 8.85. The second-order valence-corrected chi connectivity index (χ2v) is 3.27. The average molecular weight is 176 g/mol. The summed E-state index contributed by atoms with van der Waals surface area (Å²) in [6.07, 6.45) is 1.69. The summed E-state index contributed by atoms with van der Waals surface area (Å²) in [5.41, 5.74) is 0. The molecule has 0 N–H and O–H groups in total. The Labute approximate surface area is 73.6 Å². The third kappa shape index (κ3) is 4.96. The maximum absolute atomic E-state index is 5.82. The van der Waals surface area contributed by atoms with Crippen LogP contribution in [0.1, 0.15) is 20.8 Å². The van der Waals surface area contributed by atoms with E-state index in [4.69, 9.17) is 11.6 Å². The van der Waals surface area contributed by atoms with Crippen LogP contribution in [0.5, 0.6) is 0 Å². The lowest BCUT2D eigenvalue weighted by Gasteiger charge is -2.02. The Balaban J connectivity index is 4.16. The Bertz CT molecular complexity index is 171. The summed E-state index contributed by atoms with van der Waals surface area (Å²) >= 11 is 5.82. The van der Waals surface area contributed by atoms with Crippen molar-refractivity contribution in [1.29, 1.82) is 0 Å². The molecule has 0 aliphatic carbocycles. The first-order valence-electron chi connectivity index (χ1n) is 3.80. The van der Waals surface area contributed by atoms with Gasteiger partial charge in [0.1, 0.15) is 6.21 Å². The third-order valence-corrected chi connectivity index (χ3v) is 1.58. The zero-order valence-corrected chi connectivity index (χ0v) is 8.39. The van der Waals surface area contributed by atoms with Crippen LogP contribution in [0.15, 0.2) is 4.99 Å². The number of nitrogens with zero attached hydrogens (tertiary/aromatic N) is 2. The van der Waals surface area contributed by atoms with Crippen molar-refractivity contribution in [3.63, 3.8) is 0 Å². The van der Waals surface area contributed by atoms with Crippen LogP contribution >= 0.6 is 11.6 Å². The first kappa shape index (κ1) is 10.6. The summed E-state index contributed by atoms with van der Waals surface area (Å²) in [5, 5.41) is 0.557. The van der Waals surface area contributed by atoms with Crippen LogP contribution in [0.4, 0.5) is 0 Å². The minimum atomic E-state index is 0.557. The second kappa shape index (κ2) is 5.30. The Hall–Kier alpha value is -0.370. The highest BCUT2D eigenvalue weighted by Gasteiger charge is 2.05. The highest BCUT2D eigenvalue weighted by molar-refractivity contribution is 6.63. The Kier molecular flexibility index (Phi) is 5.12. The molecule has 0 aromatic carbocycles. The number of hydrogen-bond donors (Lipinski definition) is 0. The van der Waals surface area contributed by atoms with Gasteiger partial charge in [-0.2, -0.15) is 0 Å². The van der Waals surface area contributed by atoms with E-state index in [1.807, 2.05) is 18.5 Å². The van der Waals surface area contributed by atoms with Gasteiger partial charge in [-0.1, -0.05) is 13.8 Å². The van der Waals surface area contributed by atoms with Crippen LogP contribution in [0.2, 0.25) is 0 Å². The SMILES string of the molecule is CC=NC(Cl)=[N+](C)CC(C)C. The van der Waals surface area contributed by atoms with E-state index < -0.39 is 0 Å². The lowest BCUT2D eigenvalue weighted by atomic mass is 10.2. The molecule has 11 heavy (non-hydrogen) atoms. The molecule has 0 bridgehead atoms. The molecule has 0 rings (SSSR count). The highest BCUT2D eigenvalue weighted by Crippen LogP contribution is 1.94. The summed E-state index contributed by atoms with van der Waals surface area (Å²) < 4.78 is 1.94. The van der Waals surface area contributed by atoms with Gasteiger partial charge in [0, 0.05) is 11.6 Å². The summed E-state index contributed by atoms with van der Waals surface area (Å²) in [5.74, 6) is 0.612. The molecule has 0 aromatic heterocycles. The van der Waals surface area contributed by atoms with Gasteiger partial charge in [-0.3, -0.25) is 4.58 Å². The molecule has 0 heterocycles. The summed E-state index contributed by atoms with van der Waals surface area (Å²) in [4.78, 5) is 3.96. The molecule has 0 atom stereocenters. The smallest absolute Gasteiger partial charge is 0.250 e. The number of halogens is 1. The molecule has 3 heteroatoms. The molecule has 64 valence electrons. The van der Waals surface area contributed by atoms with Crippen molar-refractivity contribution >= 4 is 23.1 Å². The molecule has 0 aliphatic heterocycles. The molecule has 0 aromatic rings. The molecule has 0 aliphatic rings. The van der Waals surface area contributed by atoms with Crippen LogP contribution in [0.3, 0.4) is 0 Å². The molecular formula is C8H16ClN2+. The molecular weight excluding hydrogens is 160 g/mol. The van der Waals surface area contributed by atoms with Crippen LogP contribution in [0, 0.1) is 5.92 Å². The Morgan fingerprint density at radius 1 is 1.64 bits per heavy atom. The van der Waals surface area contributed by atoms with Gasteiger partial charge >= 0.3 is 5.29 Å². The molecule has 0 amide bonds. The van der Waals surface area contributed by atoms with E-state index in [2.05, 4.69) is 18.8 Å². The van der Waals surface area contributed by atoms with Crippen LogP contribution in [-0.2, 0) is 0 Å². The van der Waals surface area contributed by atoms with Gasteiger partial charge in [-0.15, -0.1) is 0 Å². The molecule has 0 fully saturated rings. The average Bonchev–Trinajstić information content (AvgIpc) is 1.86. The van der Waals surface area contributed by atoms with Crippen molar-refractivity contribution in [2.45, 2.75) is 20.8 Å². The summed E-state index contributed by atoms with van der Waals surface area (Å²) in [6, 6.07) is 0. The van der Waals surface area contributed by atoms with Gasteiger partial charge in [-0.05, 0) is 17.8 Å². The van der Waals surface area contributed by atoms with Crippen molar-refractivity contribution in [2.75, 3.05) is 13.6 Å². The quantitative estimate of drug-likeness (QED) is 0.264. The van der Waals surface area contributed by atoms with E-state index in [9.17, 15) is 0 Å². The Morgan fingerprint density at radius 3 is 2.55 bits per heavy atom. The Morgan fingerprint density at radius 2 is 2.18 bits per heavy atom. The number of aliphatic imine (C=N–C) groups is 1. The van der Waals surface area contributed by atoms with Gasteiger partial charge in [0.25, 0.3) is 0 Å². The molecule has 0 spiro atoms. The largest absolute Gasteiger partial charge is 0.390 e. The number of hydrogen-bond acceptors (Lipinski definition) is 0. The summed E-state index contributed by atoms with van der Waals surface area (Å²) in [6.45, 7) is 7.09. The van der Waals surface area contributed by atoms with E-state index in [0.29, 0.717) is 11.2 Å². The summed E-state index contributed by atoms with van der Waals surface area (Å²) in [7, 11) is 1.94. The van der Waals surface area contributed by atoms with Crippen molar-refractivity contribution in [3.8, 4) is 0 Å². The van der Waals surface area contributed by atoms with Gasteiger partial charge < -0.3 is 0 Å². The molecule has 2 nitrogen and oxygen atoms in total. The molecule has 0 saturated carbocycles. The number of rotatable bonds is 2. The van der Waals surface area contributed by atoms with E-state index in [0.717, 1.165) is 6.54 Å². The first-order valence-corrected chi connectivity index (χ1v) is 4.18. The van der Waals surface area contributed by atoms with Crippen molar-refractivity contribution < 1.29 is 4.58 Å². The van der Waals surface area contributed by atoms with E-state index in [1.165, 1.54) is 0 Å². The maximum Gasteiger partial charge on any atom is 0.390 e. The lowest BCUT2D eigenvalue weighted by Crippen LogP contribution is -2.17. The van der Waals surface area contributed by atoms with E-state index >= 15 is 0 Å². The zero-order valence-electron chi connectivity index (χ0n) is 7.63. The maximum atomic E-state index is 5.82. The minimum absolute atomic E-state index is 0.557. The van der Waals surface area contributed by atoms with Gasteiger partial charge in [0.15, 0.2) is 0 Å². The first-order chi connectivity index (χ1) is 5.07. The fraction of sp³-hybridized carbons (Fsp3) is 0.750. The normalized spacial score (nSPS) is 14.4. The van der Waals surface area contributed by atoms with Crippen molar-refractivity contribution in [2.24, 2.45) is 10.9 Å². The van der Waals surface area contributed by atoms with E-state index in [-0.39, 0.29) is 0 Å². The monoisotopic (exact) mass is 175 g/mol. The fourth-order valence-electron chi connectivity index (χ4n) is 0.828. The lowest BCUT2D eigenvalue weighted by molar-refractivity contribution is -0.502. The second-order valence-electron chi connectivity index (χ2n) is 2.93. The minimum Gasteiger partial charge on any atom is -0.250 e. The predicted molar refractivity (Wildman–Crippen MR) is 50.9 cm³/mol. The molecule has 0 saturated heterocycles. The fourth-order valence-corrected chi connectivity index (χ4v) is 0.995. The van der Waals surface area contributed by atoms with Gasteiger partial charge in [-0.25, -0.2) is 0 Å². The topological polar surface area (TPSA) is 15.4 Å². The predicted octanol–water partition coefficient (Wildman–Crippen LogP) is 1.97. The number of amidine groups is 1. The van der Waals surface area contributed by atoms with Crippen LogP contribution < -0.4 is 0 Å². The van der Waals surface area contributed by atoms with Gasteiger partial charge in [0.05, 0.1) is 13.6 Å². The molecule has 0 unspecified atom stereocenters. The van der Waals surface area contributed by atoms with Crippen LogP contribution in [0.25, 0.3) is 0 Å². The standard InChI is InChI=1S/C8H16ClN2/c1-5-10-8(9)11(4)6-7(2)3/h5,7H,6H2,1-4H3/q+1. The third-order valence-electron chi connectivity index (χ3n) is 1.19. The van der Waals surface area contributed by atoms with Gasteiger partial charge in [0.2, 0.25) is 0 Å². The van der Waals surface area contributed by atoms with Crippen molar-refractivity contribution in [1.82, 2.24) is 0 Å². The van der Waals surface area contributed by atoms with E-state index in [1.54, 1.807) is 6.21 Å². The highest BCUT2D eigenvalue weighted by atomic mass is 35.5. The van der Waals surface area contributed by atoms with Crippen LogP contribution in [-0.4, -0.2) is 29.7 Å².